The average Bonchev–Trinajstić information content (AvgIpc) is 2.96. The number of aromatic nitrogens is 2. The zero-order chi connectivity index (χ0) is 17.9. The predicted octanol–water partition coefficient (Wildman–Crippen LogP) is 2.93. The van der Waals surface area contributed by atoms with Gasteiger partial charge in [-0.1, -0.05) is 24.6 Å². The molecule has 1 aromatic heterocycles. The molecule has 1 heterocycles. The second-order valence-electron chi connectivity index (χ2n) is 6.12. The Bertz CT molecular complexity index is 768. The van der Waals surface area contributed by atoms with Crippen molar-refractivity contribution in [3.63, 3.8) is 0 Å². The fourth-order valence-electron chi connectivity index (χ4n) is 2.21. The van der Waals surface area contributed by atoms with Gasteiger partial charge in [0.2, 0.25) is 0 Å². The summed E-state index contributed by atoms with van der Waals surface area (Å²) in [5.41, 5.74) is 0.899. The van der Waals surface area contributed by atoms with Crippen molar-refractivity contribution in [2.45, 2.75) is 27.2 Å². The molecule has 6 nitrogen and oxygen atoms in total. The quantitative estimate of drug-likeness (QED) is 0.839. The van der Waals surface area contributed by atoms with Crippen molar-refractivity contribution in [2.75, 3.05) is 6.54 Å². The minimum atomic E-state index is -1.04. The Kier molecular flexibility index (Phi) is 5.29. The zero-order valence-corrected chi connectivity index (χ0v) is 14.6. The second kappa shape index (κ2) is 7.05. The normalized spacial score (nSPS) is 11.3. The molecule has 0 spiro atoms. The Labute approximate surface area is 145 Å². The number of carboxylic acids is 1. The molecule has 0 fully saturated rings. The number of carbonyl (C=O) groups excluding carboxylic acids is 1. The standard InChI is InChI=1S/C17H20ClN3O3/c1-4-14-13(15(22)19-10-17(2,3)16(23)24)9-20-21(14)12-7-5-6-11(18)8-12/h5-9H,4,10H2,1-3H3,(H,19,22)(H,23,24). The molecule has 7 heteroatoms. The van der Waals surface area contributed by atoms with Crippen LogP contribution in [0.3, 0.4) is 0 Å². The summed E-state index contributed by atoms with van der Waals surface area (Å²) < 4.78 is 1.67. The van der Waals surface area contributed by atoms with Gasteiger partial charge in [0.15, 0.2) is 0 Å². The molecule has 0 saturated heterocycles. The van der Waals surface area contributed by atoms with E-state index in [-0.39, 0.29) is 12.5 Å². The third-order valence-corrected chi connectivity index (χ3v) is 4.01. The maximum atomic E-state index is 12.4. The largest absolute Gasteiger partial charge is 0.481 e. The molecule has 1 aromatic carbocycles. The predicted molar refractivity (Wildman–Crippen MR) is 91.7 cm³/mol. The first-order valence-corrected chi connectivity index (χ1v) is 7.98. The summed E-state index contributed by atoms with van der Waals surface area (Å²) in [6.45, 7) is 5.08. The molecule has 2 rings (SSSR count). The van der Waals surface area contributed by atoms with E-state index in [4.69, 9.17) is 16.7 Å². The lowest BCUT2D eigenvalue weighted by atomic mass is 9.94. The van der Waals surface area contributed by atoms with Gasteiger partial charge >= 0.3 is 5.97 Å². The molecule has 0 bridgehead atoms. The minimum Gasteiger partial charge on any atom is -0.481 e. The topological polar surface area (TPSA) is 84.2 Å². The summed E-state index contributed by atoms with van der Waals surface area (Å²) >= 11 is 6.01. The number of carboxylic acid groups (broad SMARTS) is 1. The molecule has 0 aliphatic carbocycles. The van der Waals surface area contributed by atoms with Gasteiger partial charge in [-0.05, 0) is 38.5 Å². The molecular weight excluding hydrogens is 330 g/mol. The van der Waals surface area contributed by atoms with Crippen LogP contribution >= 0.6 is 11.6 Å². The highest BCUT2D eigenvalue weighted by atomic mass is 35.5. The molecule has 0 unspecified atom stereocenters. The Hall–Kier alpha value is -2.34. The first-order chi connectivity index (χ1) is 11.3. The molecule has 0 aliphatic rings. The summed E-state index contributed by atoms with van der Waals surface area (Å²) in [4.78, 5) is 23.6. The van der Waals surface area contributed by atoms with Gasteiger partial charge in [0.1, 0.15) is 0 Å². The molecular formula is C17H20ClN3O3. The average molecular weight is 350 g/mol. The molecule has 1 amide bonds. The molecule has 0 radical (unpaired) electrons. The Morgan fingerprint density at radius 3 is 2.67 bits per heavy atom. The van der Waals surface area contributed by atoms with Crippen molar-refractivity contribution in [3.8, 4) is 5.69 Å². The van der Waals surface area contributed by atoms with E-state index in [1.807, 2.05) is 19.1 Å². The highest BCUT2D eigenvalue weighted by Crippen LogP contribution is 2.20. The van der Waals surface area contributed by atoms with Gasteiger partial charge in [0, 0.05) is 11.6 Å². The van der Waals surface area contributed by atoms with Gasteiger partial charge in [-0.2, -0.15) is 5.10 Å². The van der Waals surface area contributed by atoms with Crippen LogP contribution in [0.5, 0.6) is 0 Å². The van der Waals surface area contributed by atoms with Gasteiger partial charge < -0.3 is 10.4 Å². The lowest BCUT2D eigenvalue weighted by molar-refractivity contribution is -0.146. The van der Waals surface area contributed by atoms with E-state index in [1.165, 1.54) is 6.20 Å². The second-order valence-corrected chi connectivity index (χ2v) is 6.56. The van der Waals surface area contributed by atoms with Crippen LogP contribution in [0.1, 0.15) is 36.8 Å². The number of hydrogen-bond acceptors (Lipinski definition) is 3. The number of aliphatic carboxylic acids is 1. The number of nitrogens with one attached hydrogen (secondary N) is 1. The van der Waals surface area contributed by atoms with Gasteiger partial charge in [-0.3, -0.25) is 9.59 Å². The summed E-state index contributed by atoms with van der Waals surface area (Å²) in [6, 6.07) is 7.20. The molecule has 0 aliphatic heterocycles. The highest BCUT2D eigenvalue weighted by molar-refractivity contribution is 6.30. The number of carbonyl (C=O) groups is 2. The number of nitrogens with zero attached hydrogens (tertiary/aromatic N) is 2. The maximum Gasteiger partial charge on any atom is 0.310 e. The third-order valence-electron chi connectivity index (χ3n) is 3.77. The Morgan fingerprint density at radius 2 is 2.08 bits per heavy atom. The van der Waals surface area contributed by atoms with Crippen LogP contribution in [-0.2, 0) is 11.2 Å². The van der Waals surface area contributed by atoms with Crippen molar-refractivity contribution in [1.29, 1.82) is 0 Å². The lowest BCUT2D eigenvalue weighted by Crippen LogP contribution is -2.39. The van der Waals surface area contributed by atoms with E-state index < -0.39 is 11.4 Å². The van der Waals surface area contributed by atoms with E-state index in [1.54, 1.807) is 30.7 Å². The van der Waals surface area contributed by atoms with Crippen LogP contribution in [0.2, 0.25) is 5.02 Å². The molecule has 24 heavy (non-hydrogen) atoms. The van der Waals surface area contributed by atoms with E-state index in [2.05, 4.69) is 10.4 Å². The van der Waals surface area contributed by atoms with Crippen molar-refractivity contribution < 1.29 is 14.7 Å². The summed E-state index contributed by atoms with van der Waals surface area (Å²) in [5.74, 6) is -1.30. The lowest BCUT2D eigenvalue weighted by Gasteiger charge is -2.19. The van der Waals surface area contributed by atoms with Gasteiger partial charge in [0.05, 0.1) is 28.6 Å². The fraction of sp³-hybridized carbons (Fsp3) is 0.353. The molecule has 2 aromatic rings. The van der Waals surface area contributed by atoms with E-state index in [0.717, 1.165) is 11.4 Å². The number of hydrogen-bond donors (Lipinski definition) is 2. The Morgan fingerprint density at radius 1 is 1.38 bits per heavy atom. The minimum absolute atomic E-state index is 0.0344. The Balaban J connectivity index is 2.26. The highest BCUT2D eigenvalue weighted by Gasteiger charge is 2.28. The number of rotatable bonds is 6. The van der Waals surface area contributed by atoms with Gasteiger partial charge in [-0.15, -0.1) is 0 Å². The molecule has 0 atom stereocenters. The maximum absolute atomic E-state index is 12.4. The van der Waals surface area contributed by atoms with Crippen molar-refractivity contribution in [1.82, 2.24) is 15.1 Å². The van der Waals surface area contributed by atoms with E-state index in [9.17, 15) is 9.59 Å². The number of halogens is 1. The van der Waals surface area contributed by atoms with Crippen LogP contribution in [0.25, 0.3) is 5.69 Å². The summed E-state index contributed by atoms with van der Waals surface area (Å²) in [6.07, 6.45) is 2.08. The van der Waals surface area contributed by atoms with Gasteiger partial charge in [0.25, 0.3) is 5.91 Å². The molecule has 2 N–H and O–H groups in total. The van der Waals surface area contributed by atoms with E-state index >= 15 is 0 Å². The van der Waals surface area contributed by atoms with Crippen LogP contribution in [0.15, 0.2) is 30.5 Å². The van der Waals surface area contributed by atoms with Crippen molar-refractivity contribution in [2.24, 2.45) is 5.41 Å². The van der Waals surface area contributed by atoms with Crippen LogP contribution < -0.4 is 5.32 Å². The first kappa shape index (κ1) is 18.0. The van der Waals surface area contributed by atoms with E-state index in [0.29, 0.717) is 17.0 Å². The van der Waals surface area contributed by atoms with Crippen molar-refractivity contribution in [3.05, 3.63) is 46.7 Å². The number of amides is 1. The van der Waals surface area contributed by atoms with Crippen molar-refractivity contribution >= 4 is 23.5 Å². The monoisotopic (exact) mass is 349 g/mol. The van der Waals surface area contributed by atoms with Gasteiger partial charge in [-0.25, -0.2) is 4.68 Å². The smallest absolute Gasteiger partial charge is 0.310 e. The SMILES string of the molecule is CCc1c(C(=O)NCC(C)(C)C(=O)O)cnn1-c1cccc(Cl)c1. The number of benzene rings is 1. The first-order valence-electron chi connectivity index (χ1n) is 7.60. The third kappa shape index (κ3) is 3.76. The van der Waals surface area contributed by atoms with Crippen LogP contribution in [-0.4, -0.2) is 33.3 Å². The summed E-state index contributed by atoms with van der Waals surface area (Å²) in [7, 11) is 0. The molecule has 128 valence electrons. The summed E-state index contributed by atoms with van der Waals surface area (Å²) in [5, 5.41) is 16.7. The zero-order valence-electron chi connectivity index (χ0n) is 13.8. The van der Waals surface area contributed by atoms with Crippen LogP contribution in [0.4, 0.5) is 0 Å². The molecule has 0 saturated carbocycles. The van der Waals surface area contributed by atoms with Crippen LogP contribution in [0, 0.1) is 5.41 Å². The fourth-order valence-corrected chi connectivity index (χ4v) is 2.39.